The van der Waals surface area contributed by atoms with Gasteiger partial charge in [-0.3, -0.25) is 4.18 Å². The molecule has 6 nitrogen and oxygen atoms in total. The quantitative estimate of drug-likeness (QED) is 0.577. The zero-order chi connectivity index (χ0) is 15.2. The molecule has 0 amide bonds. The van der Waals surface area contributed by atoms with Gasteiger partial charge in [-0.05, 0) is 37.5 Å². The third-order valence-electron chi connectivity index (χ3n) is 2.47. The monoisotopic (exact) mass is 302 g/mol. The lowest BCUT2D eigenvalue weighted by atomic mass is 10.1. The molecule has 7 heteroatoms. The van der Waals surface area contributed by atoms with E-state index in [-0.39, 0.29) is 6.61 Å². The lowest BCUT2D eigenvalue weighted by Gasteiger charge is -2.11. The summed E-state index contributed by atoms with van der Waals surface area (Å²) in [4.78, 5) is 10.7. The van der Waals surface area contributed by atoms with Crippen LogP contribution in [0.3, 0.4) is 0 Å². The van der Waals surface area contributed by atoms with E-state index in [4.69, 9.17) is 9.84 Å². The minimum Gasteiger partial charge on any atom is -0.479 e. The molecule has 1 aromatic rings. The van der Waals surface area contributed by atoms with Crippen LogP contribution < -0.4 is 4.74 Å². The van der Waals surface area contributed by atoms with Gasteiger partial charge in [-0.15, -0.1) is 0 Å². The average molecular weight is 302 g/mol. The molecule has 0 fully saturated rings. The molecule has 112 valence electrons. The highest BCUT2D eigenvalue weighted by molar-refractivity contribution is 7.85. The number of hydrogen-bond acceptors (Lipinski definition) is 5. The Morgan fingerprint density at radius 2 is 2.10 bits per heavy atom. The summed E-state index contributed by atoms with van der Waals surface area (Å²) in [5.74, 6) is -0.557. The zero-order valence-corrected chi connectivity index (χ0v) is 12.2. The van der Waals surface area contributed by atoms with Gasteiger partial charge in [0, 0.05) is 0 Å². The molecule has 1 aromatic carbocycles. The van der Waals surface area contributed by atoms with E-state index in [2.05, 4.69) is 4.18 Å². The van der Waals surface area contributed by atoms with Crippen molar-refractivity contribution in [3.8, 4) is 5.75 Å². The van der Waals surface area contributed by atoms with Crippen molar-refractivity contribution < 1.29 is 27.2 Å². The van der Waals surface area contributed by atoms with Crippen LogP contribution in [0.5, 0.6) is 5.75 Å². The van der Waals surface area contributed by atoms with Crippen molar-refractivity contribution in [1.82, 2.24) is 0 Å². The first kappa shape index (κ1) is 16.5. The number of hydrogen-bond donors (Lipinski definition) is 1. The van der Waals surface area contributed by atoms with Crippen molar-refractivity contribution in [3.63, 3.8) is 0 Å². The molecular formula is C13H18O6S. The molecule has 0 aromatic heterocycles. The molecule has 0 unspecified atom stereocenters. The number of carboxylic acids is 1. The van der Waals surface area contributed by atoms with Crippen LogP contribution >= 0.6 is 0 Å². The van der Waals surface area contributed by atoms with E-state index in [1.54, 1.807) is 18.2 Å². The molecule has 0 spiro atoms. The summed E-state index contributed by atoms with van der Waals surface area (Å²) in [7, 11) is -3.40. The van der Waals surface area contributed by atoms with Crippen molar-refractivity contribution in [1.29, 1.82) is 0 Å². The van der Waals surface area contributed by atoms with Gasteiger partial charge in [0.25, 0.3) is 10.1 Å². The molecule has 0 aliphatic carbocycles. The standard InChI is InChI=1S/C13H18O6S/c1-10(13(14)15)19-12-7-3-5-11(9-12)6-4-8-18-20(2,16)17/h3,5,7,9-10H,4,6,8H2,1-2H3,(H,14,15)/t10-/m0/s1. The first-order valence-corrected chi connectivity index (χ1v) is 7.92. The number of ether oxygens (including phenoxy) is 1. The molecule has 0 aliphatic heterocycles. The molecule has 0 radical (unpaired) electrons. The molecule has 0 bridgehead atoms. The second kappa shape index (κ2) is 7.25. The van der Waals surface area contributed by atoms with E-state index in [9.17, 15) is 13.2 Å². The third kappa shape index (κ3) is 6.53. The van der Waals surface area contributed by atoms with Crippen molar-refractivity contribution in [2.45, 2.75) is 25.9 Å². The van der Waals surface area contributed by atoms with Gasteiger partial charge in [0.2, 0.25) is 0 Å². The predicted molar refractivity (Wildman–Crippen MR) is 73.3 cm³/mol. The van der Waals surface area contributed by atoms with Crippen LogP contribution in [0.1, 0.15) is 18.9 Å². The van der Waals surface area contributed by atoms with Gasteiger partial charge in [-0.1, -0.05) is 12.1 Å². The number of carboxylic acid groups (broad SMARTS) is 1. The van der Waals surface area contributed by atoms with Gasteiger partial charge in [0.05, 0.1) is 12.9 Å². The number of aryl methyl sites for hydroxylation is 1. The normalized spacial score (nSPS) is 12.9. The summed E-state index contributed by atoms with van der Waals surface area (Å²) in [5.41, 5.74) is 0.928. The highest BCUT2D eigenvalue weighted by Gasteiger charge is 2.12. The minimum absolute atomic E-state index is 0.120. The fraction of sp³-hybridized carbons (Fsp3) is 0.462. The Hall–Kier alpha value is -1.60. The molecular weight excluding hydrogens is 284 g/mol. The number of aliphatic carboxylic acids is 1. The zero-order valence-electron chi connectivity index (χ0n) is 11.4. The van der Waals surface area contributed by atoms with E-state index in [0.29, 0.717) is 18.6 Å². The highest BCUT2D eigenvalue weighted by atomic mass is 32.2. The molecule has 1 atom stereocenters. The van der Waals surface area contributed by atoms with Gasteiger partial charge >= 0.3 is 5.97 Å². The van der Waals surface area contributed by atoms with E-state index >= 15 is 0 Å². The van der Waals surface area contributed by atoms with Crippen molar-refractivity contribution >= 4 is 16.1 Å². The Morgan fingerprint density at radius 1 is 1.40 bits per heavy atom. The Labute approximate surface area is 118 Å². The van der Waals surface area contributed by atoms with Crippen LogP contribution in [-0.2, 0) is 25.5 Å². The molecule has 0 saturated carbocycles. The van der Waals surface area contributed by atoms with Gasteiger partial charge < -0.3 is 9.84 Å². The summed E-state index contributed by atoms with van der Waals surface area (Å²) in [6.07, 6.45) is 1.26. The maximum atomic E-state index is 10.8. The fourth-order valence-electron chi connectivity index (χ4n) is 1.52. The molecule has 1 rings (SSSR count). The van der Waals surface area contributed by atoms with E-state index in [0.717, 1.165) is 11.8 Å². The largest absolute Gasteiger partial charge is 0.479 e. The Kier molecular flexibility index (Phi) is 5.97. The first-order chi connectivity index (χ1) is 9.28. The lowest BCUT2D eigenvalue weighted by Crippen LogP contribution is -2.22. The summed E-state index contributed by atoms with van der Waals surface area (Å²) in [5, 5.41) is 8.76. The van der Waals surface area contributed by atoms with Crippen LogP contribution in [0, 0.1) is 0 Å². The smallest absolute Gasteiger partial charge is 0.344 e. The second-order valence-electron chi connectivity index (χ2n) is 4.38. The maximum absolute atomic E-state index is 10.8. The number of benzene rings is 1. The fourth-order valence-corrected chi connectivity index (χ4v) is 1.94. The molecule has 0 aliphatic rings. The molecule has 20 heavy (non-hydrogen) atoms. The van der Waals surface area contributed by atoms with E-state index in [1.807, 2.05) is 6.07 Å². The van der Waals surface area contributed by atoms with Crippen LogP contribution in [0.4, 0.5) is 0 Å². The van der Waals surface area contributed by atoms with E-state index < -0.39 is 22.2 Å². The highest BCUT2D eigenvalue weighted by Crippen LogP contribution is 2.16. The molecule has 0 heterocycles. The maximum Gasteiger partial charge on any atom is 0.344 e. The molecule has 1 N–H and O–H groups in total. The summed E-state index contributed by atoms with van der Waals surface area (Å²) in [6.45, 7) is 1.57. The predicted octanol–water partition coefficient (Wildman–Crippen LogP) is 1.45. The van der Waals surface area contributed by atoms with Crippen LogP contribution in [0.25, 0.3) is 0 Å². The summed E-state index contributed by atoms with van der Waals surface area (Å²) < 4.78 is 31.5. The van der Waals surface area contributed by atoms with Gasteiger partial charge in [-0.2, -0.15) is 8.42 Å². The first-order valence-electron chi connectivity index (χ1n) is 6.11. The number of rotatable bonds is 8. The van der Waals surface area contributed by atoms with Gasteiger partial charge in [0.1, 0.15) is 5.75 Å². The van der Waals surface area contributed by atoms with Crippen molar-refractivity contribution in [2.24, 2.45) is 0 Å². The lowest BCUT2D eigenvalue weighted by molar-refractivity contribution is -0.144. The van der Waals surface area contributed by atoms with Crippen LogP contribution in [0.2, 0.25) is 0 Å². The Bertz CT molecular complexity index is 552. The Morgan fingerprint density at radius 3 is 2.70 bits per heavy atom. The van der Waals surface area contributed by atoms with Crippen LogP contribution in [-0.4, -0.2) is 38.5 Å². The summed E-state index contributed by atoms with van der Waals surface area (Å²) >= 11 is 0. The van der Waals surface area contributed by atoms with Crippen LogP contribution in [0.15, 0.2) is 24.3 Å². The average Bonchev–Trinajstić information content (AvgIpc) is 2.34. The van der Waals surface area contributed by atoms with E-state index in [1.165, 1.54) is 6.92 Å². The number of carbonyl (C=O) groups is 1. The van der Waals surface area contributed by atoms with Gasteiger partial charge in [-0.25, -0.2) is 4.79 Å². The second-order valence-corrected chi connectivity index (χ2v) is 6.02. The van der Waals surface area contributed by atoms with Crippen molar-refractivity contribution in [2.75, 3.05) is 12.9 Å². The van der Waals surface area contributed by atoms with Crippen molar-refractivity contribution in [3.05, 3.63) is 29.8 Å². The van der Waals surface area contributed by atoms with Gasteiger partial charge in [0.15, 0.2) is 6.10 Å². The Balaban J connectivity index is 2.49. The third-order valence-corrected chi connectivity index (χ3v) is 3.06. The SMILES string of the molecule is C[C@H](Oc1cccc(CCCOS(C)(=O)=O)c1)C(=O)O. The minimum atomic E-state index is -3.40. The molecule has 0 saturated heterocycles. The topological polar surface area (TPSA) is 89.9 Å². The summed E-state index contributed by atoms with van der Waals surface area (Å²) in [6, 6.07) is 7.03.